The molecule has 4 unspecified atom stereocenters. The van der Waals surface area contributed by atoms with Gasteiger partial charge in [0.15, 0.2) is 5.96 Å². The molecule has 12 N–H and O–H groups in total. The molecule has 0 bridgehead atoms. The molecule has 13 heteroatoms. The van der Waals surface area contributed by atoms with E-state index in [9.17, 15) is 24.3 Å². The van der Waals surface area contributed by atoms with Crippen LogP contribution in [0.2, 0.25) is 0 Å². The fourth-order valence-electron chi connectivity index (χ4n) is 3.79. The molecular weight excluding hydrogens is 504 g/mol. The van der Waals surface area contributed by atoms with Crippen LogP contribution >= 0.6 is 0 Å². The van der Waals surface area contributed by atoms with Gasteiger partial charge in [-0.1, -0.05) is 50.6 Å². The Morgan fingerprint density at radius 2 is 1.51 bits per heavy atom. The summed E-state index contributed by atoms with van der Waals surface area (Å²) in [5.41, 5.74) is 22.9. The number of aliphatic carboxylic acids is 1. The van der Waals surface area contributed by atoms with E-state index < -0.39 is 47.9 Å². The lowest BCUT2D eigenvalue weighted by atomic mass is 10.00. The standard InChI is InChI=1S/C26H44N8O5/c1-16(2)21(24(37)32-19(25(38)39)12-8-14-31-26(29)30)34-23(36)20(15-17-9-4-3-5-10-17)33-22(35)18(28)11-6-7-13-27/h3-5,9-10,16,18-21H,6-8,11-15,27-28H2,1-2H3,(H,32,37)(H,33,35)(H,34,36)(H,38,39)(H4,29,30,31). The Hall–Kier alpha value is -3.71. The van der Waals surface area contributed by atoms with E-state index in [1.165, 1.54) is 0 Å². The zero-order chi connectivity index (χ0) is 29.4. The summed E-state index contributed by atoms with van der Waals surface area (Å²) in [6.07, 6.45) is 2.40. The molecule has 0 spiro atoms. The molecule has 0 radical (unpaired) electrons. The summed E-state index contributed by atoms with van der Waals surface area (Å²) in [6, 6.07) is 5.02. The molecule has 39 heavy (non-hydrogen) atoms. The first-order chi connectivity index (χ1) is 18.5. The number of nitrogens with zero attached hydrogens (tertiary/aromatic N) is 1. The van der Waals surface area contributed by atoms with Gasteiger partial charge in [-0.25, -0.2) is 4.79 Å². The average Bonchev–Trinajstić information content (AvgIpc) is 2.88. The minimum atomic E-state index is -1.22. The third kappa shape index (κ3) is 13.1. The van der Waals surface area contributed by atoms with Crippen LogP contribution in [0.3, 0.4) is 0 Å². The van der Waals surface area contributed by atoms with Gasteiger partial charge in [0.2, 0.25) is 17.7 Å². The van der Waals surface area contributed by atoms with Gasteiger partial charge in [0.25, 0.3) is 0 Å². The van der Waals surface area contributed by atoms with Crippen molar-refractivity contribution in [1.82, 2.24) is 16.0 Å². The molecule has 0 saturated heterocycles. The van der Waals surface area contributed by atoms with Crippen LogP contribution in [0.4, 0.5) is 0 Å². The minimum Gasteiger partial charge on any atom is -0.480 e. The number of carboxylic acids is 1. The van der Waals surface area contributed by atoms with Gasteiger partial charge in [-0.15, -0.1) is 0 Å². The van der Waals surface area contributed by atoms with Gasteiger partial charge in [0.05, 0.1) is 6.04 Å². The highest BCUT2D eigenvalue weighted by Gasteiger charge is 2.32. The van der Waals surface area contributed by atoms with E-state index in [-0.39, 0.29) is 31.3 Å². The van der Waals surface area contributed by atoms with Crippen molar-refractivity contribution in [2.45, 2.75) is 76.5 Å². The average molecular weight is 549 g/mol. The zero-order valence-electron chi connectivity index (χ0n) is 22.8. The first-order valence-corrected chi connectivity index (χ1v) is 13.1. The lowest BCUT2D eigenvalue weighted by molar-refractivity contribution is -0.142. The van der Waals surface area contributed by atoms with Crippen molar-refractivity contribution in [3.05, 3.63) is 35.9 Å². The SMILES string of the molecule is CC(C)C(NC(=O)C(Cc1ccccc1)NC(=O)C(N)CCCCN)C(=O)NC(CCCN=C(N)N)C(=O)O. The third-order valence-corrected chi connectivity index (χ3v) is 6.03. The number of carbonyl (C=O) groups excluding carboxylic acids is 3. The molecule has 218 valence electrons. The Labute approximate surface area is 229 Å². The van der Waals surface area contributed by atoms with E-state index in [2.05, 4.69) is 20.9 Å². The van der Waals surface area contributed by atoms with E-state index in [1.807, 2.05) is 30.3 Å². The highest BCUT2D eigenvalue weighted by Crippen LogP contribution is 2.09. The molecule has 0 aromatic heterocycles. The summed E-state index contributed by atoms with van der Waals surface area (Å²) in [7, 11) is 0. The van der Waals surface area contributed by atoms with Crippen molar-refractivity contribution in [3.8, 4) is 0 Å². The van der Waals surface area contributed by atoms with Crippen molar-refractivity contribution in [2.24, 2.45) is 33.8 Å². The maximum atomic E-state index is 13.4. The Balaban J connectivity index is 2.98. The van der Waals surface area contributed by atoms with Gasteiger partial charge >= 0.3 is 5.97 Å². The number of rotatable bonds is 18. The topological polar surface area (TPSA) is 241 Å². The molecule has 0 aliphatic rings. The minimum absolute atomic E-state index is 0.0886. The molecule has 1 rings (SSSR count). The van der Waals surface area contributed by atoms with Crippen molar-refractivity contribution in [1.29, 1.82) is 0 Å². The predicted octanol–water partition coefficient (Wildman–Crippen LogP) is -1.07. The molecule has 3 amide bonds. The maximum absolute atomic E-state index is 13.4. The van der Waals surface area contributed by atoms with Crippen molar-refractivity contribution in [2.75, 3.05) is 13.1 Å². The van der Waals surface area contributed by atoms with Crippen LogP contribution in [0.5, 0.6) is 0 Å². The molecular formula is C26H44N8O5. The zero-order valence-corrected chi connectivity index (χ0v) is 22.8. The van der Waals surface area contributed by atoms with Crippen LogP contribution in [0.1, 0.15) is 51.5 Å². The smallest absolute Gasteiger partial charge is 0.326 e. The highest BCUT2D eigenvalue weighted by molar-refractivity contribution is 5.94. The quantitative estimate of drug-likeness (QED) is 0.0632. The lowest BCUT2D eigenvalue weighted by Gasteiger charge is -2.27. The number of amides is 3. The van der Waals surface area contributed by atoms with Crippen LogP contribution < -0.4 is 38.9 Å². The van der Waals surface area contributed by atoms with Gasteiger partial charge in [0, 0.05) is 13.0 Å². The van der Waals surface area contributed by atoms with Crippen molar-refractivity contribution < 1.29 is 24.3 Å². The van der Waals surface area contributed by atoms with Crippen LogP contribution in [0.25, 0.3) is 0 Å². The fourth-order valence-corrected chi connectivity index (χ4v) is 3.79. The number of aliphatic imine (C=N–C) groups is 1. The van der Waals surface area contributed by atoms with E-state index in [0.29, 0.717) is 25.8 Å². The Morgan fingerprint density at radius 1 is 0.872 bits per heavy atom. The molecule has 0 saturated carbocycles. The highest BCUT2D eigenvalue weighted by atomic mass is 16.4. The number of carboxylic acid groups (broad SMARTS) is 1. The number of hydrogen-bond donors (Lipinski definition) is 8. The number of benzene rings is 1. The second kappa shape index (κ2) is 17.7. The number of nitrogens with one attached hydrogen (secondary N) is 3. The first kappa shape index (κ1) is 33.3. The van der Waals surface area contributed by atoms with Crippen molar-refractivity contribution in [3.63, 3.8) is 0 Å². The molecule has 0 heterocycles. The molecule has 1 aromatic rings. The normalized spacial score (nSPS) is 14.0. The third-order valence-electron chi connectivity index (χ3n) is 6.03. The predicted molar refractivity (Wildman–Crippen MR) is 149 cm³/mol. The molecule has 0 aliphatic heterocycles. The summed E-state index contributed by atoms with van der Waals surface area (Å²) >= 11 is 0. The number of carbonyl (C=O) groups is 4. The maximum Gasteiger partial charge on any atom is 0.326 e. The second-order valence-electron chi connectivity index (χ2n) is 9.72. The number of guanidine groups is 1. The monoisotopic (exact) mass is 548 g/mol. The number of nitrogens with two attached hydrogens (primary N) is 4. The van der Waals surface area contributed by atoms with E-state index >= 15 is 0 Å². The fraction of sp³-hybridized carbons (Fsp3) is 0.577. The molecule has 1 aromatic carbocycles. The van der Waals surface area contributed by atoms with Crippen LogP contribution in [-0.2, 0) is 25.6 Å². The molecule has 0 aliphatic carbocycles. The van der Waals surface area contributed by atoms with Gasteiger partial charge in [-0.2, -0.15) is 0 Å². The summed E-state index contributed by atoms with van der Waals surface area (Å²) in [5, 5.41) is 17.4. The number of hydrogen-bond acceptors (Lipinski definition) is 7. The lowest BCUT2D eigenvalue weighted by Crippen LogP contribution is -2.58. The molecule has 4 atom stereocenters. The van der Waals surface area contributed by atoms with Gasteiger partial charge in [-0.3, -0.25) is 19.4 Å². The van der Waals surface area contributed by atoms with Crippen molar-refractivity contribution >= 4 is 29.7 Å². The van der Waals surface area contributed by atoms with Gasteiger partial charge in [0.1, 0.15) is 18.1 Å². The largest absolute Gasteiger partial charge is 0.480 e. The molecule has 0 fully saturated rings. The van der Waals surface area contributed by atoms with E-state index in [0.717, 1.165) is 12.0 Å². The summed E-state index contributed by atoms with van der Waals surface area (Å²) in [4.78, 5) is 54.7. The van der Waals surface area contributed by atoms with Crippen LogP contribution in [0, 0.1) is 5.92 Å². The van der Waals surface area contributed by atoms with Crippen LogP contribution in [0.15, 0.2) is 35.3 Å². The second-order valence-corrected chi connectivity index (χ2v) is 9.72. The van der Waals surface area contributed by atoms with E-state index in [4.69, 9.17) is 22.9 Å². The Morgan fingerprint density at radius 3 is 2.08 bits per heavy atom. The van der Waals surface area contributed by atoms with Gasteiger partial charge in [-0.05, 0) is 43.7 Å². The first-order valence-electron chi connectivity index (χ1n) is 13.1. The van der Waals surface area contributed by atoms with Crippen LogP contribution in [-0.4, -0.2) is 72.0 Å². The summed E-state index contributed by atoms with van der Waals surface area (Å²) < 4.78 is 0. The van der Waals surface area contributed by atoms with Gasteiger partial charge < -0.3 is 44.0 Å². The summed E-state index contributed by atoms with van der Waals surface area (Å²) in [6.45, 7) is 4.14. The van der Waals surface area contributed by atoms with E-state index in [1.54, 1.807) is 13.8 Å². The molecule has 13 nitrogen and oxygen atoms in total. The Kier molecular flexibility index (Phi) is 15.2. The Bertz CT molecular complexity index is 953. The summed E-state index contributed by atoms with van der Waals surface area (Å²) in [5.74, 6) is -3.44. The number of unbranched alkanes of at least 4 members (excludes halogenated alkanes) is 1.